The molecule has 0 radical (unpaired) electrons. The van der Waals surface area contributed by atoms with Crippen LogP contribution in [0.5, 0.6) is 5.75 Å². The molecule has 2 rings (SSSR count). The van der Waals surface area contributed by atoms with E-state index in [2.05, 4.69) is 0 Å². The summed E-state index contributed by atoms with van der Waals surface area (Å²) in [4.78, 5) is 11.8. The summed E-state index contributed by atoms with van der Waals surface area (Å²) >= 11 is 1.51. The van der Waals surface area contributed by atoms with Crippen LogP contribution in [0.25, 0.3) is 0 Å². The van der Waals surface area contributed by atoms with Gasteiger partial charge in [0.05, 0.1) is 6.04 Å². The maximum atomic E-state index is 10.9. The lowest BCUT2D eigenvalue weighted by Gasteiger charge is -2.11. The second-order valence-corrected chi connectivity index (χ2v) is 4.55. The fourth-order valence-corrected chi connectivity index (χ4v) is 2.30. The minimum absolute atomic E-state index is 0.130. The summed E-state index contributed by atoms with van der Waals surface area (Å²) in [5.41, 5.74) is 6.55. The van der Waals surface area contributed by atoms with Crippen LogP contribution < -0.4 is 5.73 Å². The fourth-order valence-electron chi connectivity index (χ4n) is 1.55. The number of carbonyl (C=O) groups is 1. The van der Waals surface area contributed by atoms with Crippen molar-refractivity contribution in [3.63, 3.8) is 0 Å². The number of phenols is 1. The van der Waals surface area contributed by atoms with Gasteiger partial charge in [0.2, 0.25) is 0 Å². The van der Waals surface area contributed by atoms with E-state index in [1.807, 2.05) is 17.5 Å². The van der Waals surface area contributed by atoms with Crippen LogP contribution in [0.2, 0.25) is 0 Å². The van der Waals surface area contributed by atoms with Crippen molar-refractivity contribution in [1.29, 1.82) is 0 Å². The van der Waals surface area contributed by atoms with Gasteiger partial charge < -0.3 is 15.9 Å². The molecule has 0 saturated heterocycles. The van der Waals surface area contributed by atoms with Gasteiger partial charge >= 0.3 is 5.97 Å². The van der Waals surface area contributed by atoms with Crippen LogP contribution in [-0.4, -0.2) is 16.2 Å². The van der Waals surface area contributed by atoms with E-state index in [9.17, 15) is 9.90 Å². The molecule has 2 aromatic rings. The molecule has 4 N–H and O–H groups in total. The van der Waals surface area contributed by atoms with Crippen molar-refractivity contribution in [3.8, 4) is 5.75 Å². The molecule has 5 heteroatoms. The molecule has 1 aromatic carbocycles. The molecular weight excluding hydrogens is 238 g/mol. The monoisotopic (exact) mass is 249 g/mol. The Bertz CT molecular complexity index is 537. The molecule has 88 valence electrons. The lowest BCUT2D eigenvalue weighted by molar-refractivity contribution is 0.0693. The second kappa shape index (κ2) is 4.57. The first-order valence-corrected chi connectivity index (χ1v) is 5.82. The van der Waals surface area contributed by atoms with Crippen LogP contribution in [0.1, 0.15) is 26.8 Å². The van der Waals surface area contributed by atoms with Crippen LogP contribution in [-0.2, 0) is 0 Å². The van der Waals surface area contributed by atoms with E-state index in [0.29, 0.717) is 5.56 Å². The highest BCUT2D eigenvalue weighted by Crippen LogP contribution is 2.27. The molecule has 0 amide bonds. The predicted octanol–water partition coefficient (Wildman–Crippen LogP) is 2.20. The lowest BCUT2D eigenvalue weighted by atomic mass is 10.0. The van der Waals surface area contributed by atoms with Gasteiger partial charge in [-0.15, -0.1) is 11.3 Å². The Kier molecular flexibility index (Phi) is 3.12. The largest absolute Gasteiger partial charge is 0.507 e. The molecule has 17 heavy (non-hydrogen) atoms. The average molecular weight is 249 g/mol. The zero-order valence-corrected chi connectivity index (χ0v) is 9.65. The number of aromatic carboxylic acids is 1. The Morgan fingerprint density at radius 3 is 2.71 bits per heavy atom. The van der Waals surface area contributed by atoms with E-state index in [1.165, 1.54) is 23.5 Å². The summed E-state index contributed by atoms with van der Waals surface area (Å²) in [6.07, 6.45) is 0. The summed E-state index contributed by atoms with van der Waals surface area (Å²) in [6, 6.07) is 7.80. The fraction of sp³-hybridized carbons (Fsp3) is 0.0833. The van der Waals surface area contributed by atoms with Crippen LogP contribution in [0.15, 0.2) is 35.7 Å². The smallest absolute Gasteiger partial charge is 0.339 e. The third-order valence-electron chi connectivity index (χ3n) is 2.46. The van der Waals surface area contributed by atoms with Gasteiger partial charge in [-0.2, -0.15) is 0 Å². The molecule has 0 aliphatic heterocycles. The second-order valence-electron chi connectivity index (χ2n) is 3.57. The Labute approximate surface area is 102 Å². The number of nitrogens with two attached hydrogens (primary N) is 1. The molecule has 1 heterocycles. The summed E-state index contributed by atoms with van der Waals surface area (Å²) in [6.45, 7) is 0. The Morgan fingerprint density at radius 1 is 1.35 bits per heavy atom. The number of hydrogen-bond acceptors (Lipinski definition) is 4. The number of hydrogen-bond donors (Lipinski definition) is 3. The zero-order valence-electron chi connectivity index (χ0n) is 8.83. The maximum absolute atomic E-state index is 10.9. The molecule has 1 aromatic heterocycles. The highest BCUT2D eigenvalue weighted by atomic mass is 32.1. The van der Waals surface area contributed by atoms with E-state index in [4.69, 9.17) is 10.8 Å². The topological polar surface area (TPSA) is 83.5 Å². The Hall–Kier alpha value is -1.85. The summed E-state index contributed by atoms with van der Waals surface area (Å²) in [5, 5.41) is 20.2. The number of carboxylic acids is 1. The van der Waals surface area contributed by atoms with Gasteiger partial charge in [0, 0.05) is 4.88 Å². The number of aromatic hydroxyl groups is 1. The highest BCUT2D eigenvalue weighted by Gasteiger charge is 2.15. The van der Waals surface area contributed by atoms with Crippen molar-refractivity contribution in [2.75, 3.05) is 0 Å². The van der Waals surface area contributed by atoms with Gasteiger partial charge in [-0.1, -0.05) is 12.1 Å². The van der Waals surface area contributed by atoms with Gasteiger partial charge in [0.1, 0.15) is 11.3 Å². The van der Waals surface area contributed by atoms with Gasteiger partial charge in [-0.25, -0.2) is 4.79 Å². The van der Waals surface area contributed by atoms with Crippen molar-refractivity contribution < 1.29 is 15.0 Å². The molecule has 0 spiro atoms. The van der Waals surface area contributed by atoms with Crippen LogP contribution in [0.3, 0.4) is 0 Å². The first-order valence-electron chi connectivity index (χ1n) is 4.95. The normalized spacial score (nSPS) is 12.3. The van der Waals surface area contributed by atoms with Crippen molar-refractivity contribution in [3.05, 3.63) is 51.7 Å². The first kappa shape index (κ1) is 11.6. The van der Waals surface area contributed by atoms with Crippen molar-refractivity contribution >= 4 is 17.3 Å². The summed E-state index contributed by atoms with van der Waals surface area (Å²) in [5.74, 6) is -1.41. The van der Waals surface area contributed by atoms with Crippen LogP contribution >= 0.6 is 11.3 Å². The zero-order chi connectivity index (χ0) is 12.4. The minimum Gasteiger partial charge on any atom is -0.507 e. The standard InChI is InChI=1S/C12H11NO3S/c13-11(10-2-1-5-17-10)7-3-4-9(14)8(6-7)12(15)16/h1-6,11,14H,13H2,(H,15,16)/t11-/m0/s1. The van der Waals surface area contributed by atoms with Gasteiger partial charge in [0.25, 0.3) is 0 Å². The van der Waals surface area contributed by atoms with Gasteiger partial charge in [-0.05, 0) is 29.1 Å². The van der Waals surface area contributed by atoms with E-state index >= 15 is 0 Å². The van der Waals surface area contributed by atoms with E-state index in [1.54, 1.807) is 6.07 Å². The van der Waals surface area contributed by atoms with Crippen molar-refractivity contribution in [2.45, 2.75) is 6.04 Å². The highest BCUT2D eigenvalue weighted by molar-refractivity contribution is 7.10. The number of carboxylic acid groups (broad SMARTS) is 1. The minimum atomic E-state index is -1.16. The third kappa shape index (κ3) is 2.30. The van der Waals surface area contributed by atoms with E-state index in [0.717, 1.165) is 4.88 Å². The maximum Gasteiger partial charge on any atom is 0.339 e. The summed E-state index contributed by atoms with van der Waals surface area (Å²) in [7, 11) is 0. The molecule has 1 atom stereocenters. The quantitative estimate of drug-likeness (QED) is 0.778. The average Bonchev–Trinajstić information content (AvgIpc) is 2.81. The van der Waals surface area contributed by atoms with E-state index in [-0.39, 0.29) is 17.4 Å². The van der Waals surface area contributed by atoms with E-state index < -0.39 is 5.97 Å². The molecule has 0 unspecified atom stereocenters. The third-order valence-corrected chi connectivity index (χ3v) is 3.42. The van der Waals surface area contributed by atoms with Crippen LogP contribution in [0.4, 0.5) is 0 Å². The molecular formula is C12H11NO3S. The SMILES string of the molecule is N[C@@H](c1ccc(O)c(C(=O)O)c1)c1cccs1. The molecule has 0 aliphatic rings. The Balaban J connectivity index is 2.40. The summed E-state index contributed by atoms with van der Waals surface area (Å²) < 4.78 is 0. The Morgan fingerprint density at radius 2 is 2.12 bits per heavy atom. The predicted molar refractivity (Wildman–Crippen MR) is 65.4 cm³/mol. The van der Waals surface area contributed by atoms with Crippen molar-refractivity contribution in [2.24, 2.45) is 5.73 Å². The molecule has 0 aliphatic carbocycles. The molecule has 4 nitrogen and oxygen atoms in total. The number of benzene rings is 1. The first-order chi connectivity index (χ1) is 8.09. The lowest BCUT2D eigenvalue weighted by Crippen LogP contribution is -2.11. The van der Waals surface area contributed by atoms with Gasteiger partial charge in [-0.3, -0.25) is 0 Å². The number of rotatable bonds is 3. The van der Waals surface area contributed by atoms with Crippen molar-refractivity contribution in [1.82, 2.24) is 0 Å². The van der Waals surface area contributed by atoms with Crippen LogP contribution in [0, 0.1) is 0 Å². The molecule has 0 fully saturated rings. The number of thiophene rings is 1. The van der Waals surface area contributed by atoms with Gasteiger partial charge in [0.15, 0.2) is 0 Å². The molecule has 0 bridgehead atoms. The molecule has 0 saturated carbocycles.